The quantitative estimate of drug-likeness (QED) is 0.428. The minimum Gasteiger partial charge on any atom is -0.293 e. The molecule has 0 aromatic heterocycles. The third kappa shape index (κ3) is 2.38. The van der Waals surface area contributed by atoms with Crippen molar-refractivity contribution >= 4 is 11.5 Å². The molecule has 5 nitrogen and oxygen atoms in total. The first-order chi connectivity index (χ1) is 7.06. The van der Waals surface area contributed by atoms with Crippen LogP contribution in [0.4, 0.5) is 5.69 Å². The number of Topliss-reactive ketones (excluding diaryl/α,β-unsaturated/α-hetero) is 1. The molecule has 0 fully saturated rings. The summed E-state index contributed by atoms with van der Waals surface area (Å²) in [6, 6.07) is 5.81. The summed E-state index contributed by atoms with van der Waals surface area (Å²) in [5.74, 6) is -0.324. The fraction of sp³-hybridized carbons (Fsp3) is 0.200. The second-order valence-electron chi connectivity index (χ2n) is 3.02. The summed E-state index contributed by atoms with van der Waals surface area (Å²) in [5, 5.41) is 18.8. The van der Waals surface area contributed by atoms with Crippen molar-refractivity contribution in [3.05, 3.63) is 39.4 Å². The van der Waals surface area contributed by atoms with E-state index >= 15 is 0 Å². The molecule has 0 atom stereocenters. The molecular weight excluding hydrogens is 196 g/mol. The normalized spacial score (nSPS) is 9.33. The zero-order valence-electron chi connectivity index (χ0n) is 8.06. The number of carbonyl (C=O) groups excluding carboxylic acids is 1. The topological polar surface area (TPSA) is 84.0 Å². The molecule has 76 valence electrons. The van der Waals surface area contributed by atoms with Crippen LogP contribution in [0.2, 0.25) is 0 Å². The summed E-state index contributed by atoms with van der Waals surface area (Å²) in [7, 11) is 0. The zero-order valence-corrected chi connectivity index (χ0v) is 8.06. The van der Waals surface area contributed by atoms with Gasteiger partial charge in [0, 0.05) is 17.2 Å². The summed E-state index contributed by atoms with van der Waals surface area (Å²) in [4.78, 5) is 21.3. The first-order valence-electron chi connectivity index (χ1n) is 4.21. The molecule has 1 aromatic rings. The average molecular weight is 204 g/mol. The van der Waals surface area contributed by atoms with Gasteiger partial charge in [0.1, 0.15) is 0 Å². The van der Waals surface area contributed by atoms with Crippen molar-refractivity contribution in [2.24, 2.45) is 0 Å². The average Bonchev–Trinajstić information content (AvgIpc) is 2.17. The molecule has 0 amide bonds. The van der Waals surface area contributed by atoms with E-state index in [1.807, 2.05) is 0 Å². The lowest BCUT2D eigenvalue weighted by Gasteiger charge is -1.99. The van der Waals surface area contributed by atoms with Crippen LogP contribution in [0, 0.1) is 28.4 Å². The smallest absolute Gasteiger partial charge is 0.272 e. The third-order valence-corrected chi connectivity index (χ3v) is 1.96. The van der Waals surface area contributed by atoms with Gasteiger partial charge in [0.25, 0.3) is 5.69 Å². The van der Waals surface area contributed by atoms with Crippen molar-refractivity contribution in [1.29, 1.82) is 5.26 Å². The lowest BCUT2D eigenvalue weighted by atomic mass is 10.1. The van der Waals surface area contributed by atoms with Gasteiger partial charge < -0.3 is 0 Å². The van der Waals surface area contributed by atoms with Crippen LogP contribution >= 0.6 is 0 Å². The highest BCUT2D eigenvalue weighted by molar-refractivity contribution is 5.97. The molecule has 5 heteroatoms. The lowest BCUT2D eigenvalue weighted by molar-refractivity contribution is -0.385. The van der Waals surface area contributed by atoms with Gasteiger partial charge in [-0.25, -0.2) is 0 Å². The van der Waals surface area contributed by atoms with Gasteiger partial charge in [-0.1, -0.05) is 0 Å². The number of nitro benzene ring substituents is 1. The van der Waals surface area contributed by atoms with Crippen molar-refractivity contribution in [3.8, 4) is 6.07 Å². The third-order valence-electron chi connectivity index (χ3n) is 1.96. The molecule has 0 bridgehead atoms. The van der Waals surface area contributed by atoms with E-state index in [0.29, 0.717) is 11.1 Å². The van der Waals surface area contributed by atoms with Gasteiger partial charge in [-0.05, 0) is 19.1 Å². The van der Waals surface area contributed by atoms with Crippen LogP contribution < -0.4 is 0 Å². The Balaban J connectivity index is 3.08. The van der Waals surface area contributed by atoms with Gasteiger partial charge >= 0.3 is 0 Å². The molecule has 0 saturated heterocycles. The second kappa shape index (κ2) is 4.33. The summed E-state index contributed by atoms with van der Waals surface area (Å²) < 4.78 is 0. The number of aryl methyl sites for hydroxylation is 1. The molecule has 0 spiro atoms. The van der Waals surface area contributed by atoms with Crippen molar-refractivity contribution in [1.82, 2.24) is 0 Å². The monoisotopic (exact) mass is 204 g/mol. The van der Waals surface area contributed by atoms with Crippen molar-refractivity contribution in [2.75, 3.05) is 0 Å². The highest BCUT2D eigenvalue weighted by atomic mass is 16.6. The molecule has 0 aliphatic rings. The van der Waals surface area contributed by atoms with Crippen LogP contribution in [0.3, 0.4) is 0 Å². The Labute approximate surface area is 86.1 Å². The molecule has 0 aliphatic carbocycles. The van der Waals surface area contributed by atoms with Crippen molar-refractivity contribution in [2.45, 2.75) is 13.3 Å². The first kappa shape index (κ1) is 10.9. The van der Waals surface area contributed by atoms with Gasteiger partial charge in [0.15, 0.2) is 5.78 Å². The Morgan fingerprint density at radius 2 is 2.27 bits per heavy atom. The molecule has 0 heterocycles. The van der Waals surface area contributed by atoms with Crippen LogP contribution in [-0.2, 0) is 0 Å². The molecule has 0 N–H and O–H groups in total. The number of nitro groups is 1. The summed E-state index contributed by atoms with van der Waals surface area (Å²) in [6.07, 6.45) is -0.211. The summed E-state index contributed by atoms with van der Waals surface area (Å²) in [5.41, 5.74) is 0.729. The first-order valence-corrected chi connectivity index (χ1v) is 4.21. The van der Waals surface area contributed by atoms with E-state index in [2.05, 4.69) is 0 Å². The van der Waals surface area contributed by atoms with Gasteiger partial charge in [0.2, 0.25) is 0 Å². The van der Waals surface area contributed by atoms with Gasteiger partial charge in [0.05, 0.1) is 17.4 Å². The standard InChI is InChI=1S/C10H8N2O3/c1-7-6-8(10(13)4-5-11)2-3-9(7)12(14)15/h2-3,6H,4H2,1H3. The zero-order chi connectivity index (χ0) is 11.4. The number of nitriles is 1. The Kier molecular flexibility index (Phi) is 3.13. The molecule has 0 aliphatic heterocycles. The predicted molar refractivity (Wildman–Crippen MR) is 52.4 cm³/mol. The summed E-state index contributed by atoms with van der Waals surface area (Å²) in [6.45, 7) is 1.56. The molecule has 0 unspecified atom stereocenters. The Bertz CT molecular complexity index is 460. The highest BCUT2D eigenvalue weighted by Crippen LogP contribution is 2.19. The van der Waals surface area contributed by atoms with E-state index in [9.17, 15) is 14.9 Å². The van der Waals surface area contributed by atoms with E-state index in [4.69, 9.17) is 5.26 Å². The van der Waals surface area contributed by atoms with E-state index in [-0.39, 0.29) is 17.9 Å². The SMILES string of the molecule is Cc1cc(C(=O)CC#N)ccc1[N+](=O)[O-]. The van der Waals surface area contributed by atoms with E-state index < -0.39 is 4.92 Å². The number of benzene rings is 1. The molecule has 1 rings (SSSR count). The van der Waals surface area contributed by atoms with Crippen molar-refractivity contribution < 1.29 is 9.72 Å². The van der Waals surface area contributed by atoms with Gasteiger partial charge in [-0.15, -0.1) is 0 Å². The maximum atomic E-state index is 11.3. The number of hydrogen-bond donors (Lipinski definition) is 0. The minimum atomic E-state index is -0.506. The number of rotatable bonds is 3. The van der Waals surface area contributed by atoms with Crippen LogP contribution in [0.25, 0.3) is 0 Å². The van der Waals surface area contributed by atoms with Crippen molar-refractivity contribution in [3.63, 3.8) is 0 Å². The Hall–Kier alpha value is -2.22. The van der Waals surface area contributed by atoms with Gasteiger partial charge in [-0.3, -0.25) is 14.9 Å². The van der Waals surface area contributed by atoms with Crippen LogP contribution in [0.5, 0.6) is 0 Å². The molecule has 0 saturated carbocycles. The highest BCUT2D eigenvalue weighted by Gasteiger charge is 2.13. The number of carbonyl (C=O) groups is 1. The number of nitrogens with zero attached hydrogens (tertiary/aromatic N) is 2. The Morgan fingerprint density at radius 1 is 1.60 bits per heavy atom. The number of ketones is 1. The molecule has 0 radical (unpaired) electrons. The second-order valence-corrected chi connectivity index (χ2v) is 3.02. The maximum Gasteiger partial charge on any atom is 0.272 e. The Morgan fingerprint density at radius 3 is 2.73 bits per heavy atom. The largest absolute Gasteiger partial charge is 0.293 e. The fourth-order valence-electron chi connectivity index (χ4n) is 1.21. The number of hydrogen-bond acceptors (Lipinski definition) is 4. The predicted octanol–water partition coefficient (Wildman–Crippen LogP) is 2.00. The van der Waals surface area contributed by atoms with Crippen LogP contribution in [0.15, 0.2) is 18.2 Å². The minimum absolute atomic E-state index is 0.0245. The van der Waals surface area contributed by atoms with Gasteiger partial charge in [-0.2, -0.15) is 5.26 Å². The summed E-state index contributed by atoms with van der Waals surface area (Å²) >= 11 is 0. The van der Waals surface area contributed by atoms with E-state index in [1.54, 1.807) is 13.0 Å². The lowest BCUT2D eigenvalue weighted by Crippen LogP contribution is -1.99. The molecular formula is C10H8N2O3. The maximum absolute atomic E-state index is 11.3. The van der Waals surface area contributed by atoms with E-state index in [1.165, 1.54) is 18.2 Å². The van der Waals surface area contributed by atoms with Crippen LogP contribution in [0.1, 0.15) is 22.3 Å². The molecule has 15 heavy (non-hydrogen) atoms. The fourth-order valence-corrected chi connectivity index (χ4v) is 1.21. The molecule has 1 aromatic carbocycles. The van der Waals surface area contributed by atoms with E-state index in [0.717, 1.165) is 0 Å². The van der Waals surface area contributed by atoms with Crippen LogP contribution in [-0.4, -0.2) is 10.7 Å².